The van der Waals surface area contributed by atoms with Gasteiger partial charge in [0.2, 0.25) is 0 Å². The van der Waals surface area contributed by atoms with Crippen molar-refractivity contribution in [2.75, 3.05) is 0 Å². The minimum absolute atomic E-state index is 0. The summed E-state index contributed by atoms with van der Waals surface area (Å²) < 4.78 is 0. The van der Waals surface area contributed by atoms with Gasteiger partial charge in [-0.25, -0.2) is 0 Å². The number of rotatable bonds is 0. The van der Waals surface area contributed by atoms with Crippen LogP contribution in [0.15, 0.2) is 0 Å². The third-order valence-electron chi connectivity index (χ3n) is 0. The Morgan fingerprint density at radius 1 is 0.429 bits per heavy atom. The first-order chi connectivity index (χ1) is 6.00. The normalized spacial score (nSPS) is 0.857. The van der Waals surface area contributed by atoms with Crippen LogP contribution in [0.1, 0.15) is 1.43 Å². The Balaban J connectivity index is -0.00000000396. The molecule has 0 aromatic heterocycles. The van der Waals surface area contributed by atoms with Crippen molar-refractivity contribution in [3.8, 4) is 0 Å². The van der Waals surface area contributed by atoms with E-state index in [1.54, 1.807) is 0 Å². The molecule has 0 atom stereocenters. The van der Waals surface area contributed by atoms with E-state index in [9.17, 15) is 0 Å². The van der Waals surface area contributed by atoms with Crippen LogP contribution in [0, 0.1) is 71.0 Å². The Bertz CT molecular complexity index is 103. The summed E-state index contributed by atoms with van der Waals surface area (Å²) in [5.41, 5.74) is 0. The summed E-state index contributed by atoms with van der Waals surface area (Å²) in [5, 5.41) is 37.5. The van der Waals surface area contributed by atoms with E-state index in [1.165, 1.54) is 0 Å². The average Bonchev–Trinajstić information content (AvgIpc) is 2.33. The van der Waals surface area contributed by atoms with Crippen LogP contribution in [0.5, 0.6) is 0 Å². The Morgan fingerprint density at radius 2 is 0.429 bits per heavy atom. The van der Waals surface area contributed by atoms with Gasteiger partial charge in [-0.2, -0.15) is 0 Å². The molecule has 0 aliphatic rings. The summed E-state index contributed by atoms with van der Waals surface area (Å²) in [6, 6.07) is 0. The van der Waals surface area contributed by atoms with Crippen molar-refractivity contribution >= 4 is 0 Å². The molecule has 0 aromatic rings. The Hall–Kier alpha value is -0.774. The minimum Gasteiger partial charge on any atom is -1.00 e. The van der Waals surface area contributed by atoms with E-state index in [-0.39, 0.29) is 72.9 Å². The molecule has 14 heavy (non-hydrogen) atoms. The molecule has 0 amide bonds. The van der Waals surface area contributed by atoms with Gasteiger partial charge >= 0.3 is 51.4 Å². The first kappa shape index (κ1) is 72.4. The predicted octanol–water partition coefficient (Wildman–Crippen LogP) is -2.31. The molecule has 1 radical (unpaired) electrons. The SMILES string of the molecule is [C-]#N.[C-]#N.[C-]#N.[C-]#N.[C-]#N.[C-]#N.[H-].[Ir].[K+]. The Morgan fingerprint density at radius 3 is 0.429 bits per heavy atom. The van der Waals surface area contributed by atoms with E-state index in [0.29, 0.717) is 0 Å². The van der Waals surface area contributed by atoms with Gasteiger partial charge in [0.1, 0.15) is 0 Å². The van der Waals surface area contributed by atoms with Gasteiger partial charge in [0.25, 0.3) is 0 Å². The molecule has 8 heteroatoms. The van der Waals surface area contributed by atoms with Crippen LogP contribution in [0.3, 0.4) is 0 Å². The molecule has 0 saturated carbocycles. The van der Waals surface area contributed by atoms with Crippen molar-refractivity contribution in [1.82, 2.24) is 0 Å². The topological polar surface area (TPSA) is 143 Å². The molecule has 0 aliphatic heterocycles. The standard InChI is InChI=1S/6CN.Ir.K.H/c6*1-2;;;/q6*-1;;+1;-1. The van der Waals surface area contributed by atoms with Crippen LogP contribution in [-0.4, -0.2) is 0 Å². The van der Waals surface area contributed by atoms with Gasteiger partial charge in [0, 0.05) is 20.1 Å². The van der Waals surface area contributed by atoms with E-state index >= 15 is 0 Å². The van der Waals surface area contributed by atoms with Crippen molar-refractivity contribution < 1.29 is 72.9 Å². The fourth-order valence-electron chi connectivity index (χ4n) is 0. The van der Waals surface area contributed by atoms with Gasteiger partial charge in [-0.1, -0.05) is 0 Å². The van der Waals surface area contributed by atoms with Crippen molar-refractivity contribution in [3.63, 3.8) is 0 Å². The van der Waals surface area contributed by atoms with Crippen molar-refractivity contribution in [1.29, 1.82) is 31.6 Å². The summed E-state index contributed by atoms with van der Waals surface area (Å²) >= 11 is 0. The zero-order valence-electron chi connectivity index (χ0n) is 8.02. The fourth-order valence-corrected chi connectivity index (χ4v) is 0. The van der Waals surface area contributed by atoms with Crippen molar-refractivity contribution in [2.45, 2.75) is 0 Å². The average molecular weight is 388 g/mol. The monoisotopic (exact) mass is 389 g/mol. The molecule has 0 fully saturated rings. The van der Waals surface area contributed by atoms with Crippen LogP contribution >= 0.6 is 0 Å². The molecule has 0 saturated heterocycles. The van der Waals surface area contributed by atoms with Gasteiger partial charge in [-0.05, 0) is 0 Å². The zero-order valence-corrected chi connectivity index (χ0v) is 12.5. The van der Waals surface area contributed by atoms with Gasteiger partial charge in [0.15, 0.2) is 0 Å². The predicted molar refractivity (Wildman–Crippen MR) is 30.9 cm³/mol. The van der Waals surface area contributed by atoms with Crippen LogP contribution in [0.2, 0.25) is 0 Å². The maximum Gasteiger partial charge on any atom is 1.00 e. The number of hydrogen-bond donors (Lipinski definition) is 0. The maximum absolute atomic E-state index is 6.25. The Kier molecular flexibility index (Phi) is 13300. The van der Waals surface area contributed by atoms with Gasteiger partial charge in [-0.15, -0.1) is 0 Å². The second kappa shape index (κ2) is 2570. The van der Waals surface area contributed by atoms with Crippen LogP contribution in [-0.2, 0) is 20.1 Å². The molecular weight excluding hydrogens is 387 g/mol. The van der Waals surface area contributed by atoms with Crippen LogP contribution in [0.25, 0.3) is 0 Å². The first-order valence-electron chi connectivity index (χ1n) is 1.34. The third kappa shape index (κ3) is 1960. The summed E-state index contributed by atoms with van der Waals surface area (Å²) in [6.45, 7) is 28.5. The molecule has 6 nitrogen and oxygen atoms in total. The third-order valence-corrected chi connectivity index (χ3v) is 0. The number of hydrogen-bond acceptors (Lipinski definition) is 6. The van der Waals surface area contributed by atoms with Crippen LogP contribution < -0.4 is 51.4 Å². The Labute approximate surface area is 142 Å². The van der Waals surface area contributed by atoms with E-state index in [4.69, 9.17) is 71.0 Å². The quantitative estimate of drug-likeness (QED) is 0.337. The van der Waals surface area contributed by atoms with Gasteiger partial charge in [-0.3, -0.25) is 0 Å². The second-order valence-corrected chi connectivity index (χ2v) is 0. The zero-order chi connectivity index (χ0) is 12.0. The number of nitrogens with zero attached hydrogens (tertiary/aromatic N) is 6. The minimum atomic E-state index is 0. The molecule has 0 aromatic carbocycles. The van der Waals surface area contributed by atoms with Crippen molar-refractivity contribution in [2.24, 2.45) is 0 Å². The molecular formula is C6HIrKN6-6. The summed E-state index contributed by atoms with van der Waals surface area (Å²) in [5.74, 6) is 0. The molecule has 0 spiro atoms. The van der Waals surface area contributed by atoms with E-state index in [1.807, 2.05) is 0 Å². The molecule has 71 valence electrons. The smallest absolute Gasteiger partial charge is 1.00 e. The molecule has 0 rings (SSSR count). The molecule has 0 N–H and O–H groups in total. The largest absolute Gasteiger partial charge is 1.00 e. The first-order valence-corrected chi connectivity index (χ1v) is 1.34. The van der Waals surface area contributed by atoms with Crippen LogP contribution in [0.4, 0.5) is 0 Å². The molecule has 0 aliphatic carbocycles. The van der Waals surface area contributed by atoms with E-state index < -0.39 is 0 Å². The van der Waals surface area contributed by atoms with E-state index in [0.717, 1.165) is 0 Å². The fraction of sp³-hybridized carbons (Fsp3) is 0. The maximum atomic E-state index is 6.25. The summed E-state index contributed by atoms with van der Waals surface area (Å²) in [7, 11) is 0. The summed E-state index contributed by atoms with van der Waals surface area (Å²) in [4.78, 5) is 0. The second-order valence-electron chi connectivity index (χ2n) is 0. The van der Waals surface area contributed by atoms with Crippen molar-refractivity contribution in [3.05, 3.63) is 39.4 Å². The summed E-state index contributed by atoms with van der Waals surface area (Å²) in [6.07, 6.45) is 0. The molecule has 0 unspecified atom stereocenters. The van der Waals surface area contributed by atoms with E-state index in [2.05, 4.69) is 0 Å². The van der Waals surface area contributed by atoms with Gasteiger partial charge < -0.3 is 72.4 Å². The molecule has 0 heterocycles. The van der Waals surface area contributed by atoms with Gasteiger partial charge in [0.05, 0.1) is 0 Å². The molecule has 0 bridgehead atoms.